The summed E-state index contributed by atoms with van der Waals surface area (Å²) in [4.78, 5) is 0. The van der Waals surface area contributed by atoms with Crippen molar-refractivity contribution in [3.63, 3.8) is 0 Å². The molecule has 12 aliphatic rings. The van der Waals surface area contributed by atoms with Gasteiger partial charge in [-0.3, -0.25) is 0 Å². The number of nitrogen functional groups attached to an aromatic ring is 3. The normalized spacial score (nSPS) is 37.5. The molecule has 16 rings (SSSR count). The smallest absolute Gasteiger partial charge is 0.213 e. The largest absolute Gasteiger partial charge is 0.451 e. The summed E-state index contributed by atoms with van der Waals surface area (Å²) >= 11 is 20.5. The molecule has 6 nitrogen and oxygen atoms in total. The van der Waals surface area contributed by atoms with Crippen LogP contribution in [-0.4, -0.2) is 0 Å². The van der Waals surface area contributed by atoms with E-state index in [2.05, 4.69) is 0 Å². The molecule has 12 bridgehead atoms. The molecule has 0 unspecified atom stereocenters. The van der Waals surface area contributed by atoms with Crippen molar-refractivity contribution in [1.82, 2.24) is 0 Å². The van der Waals surface area contributed by atoms with Crippen LogP contribution >= 0.6 is 34.8 Å². The van der Waals surface area contributed by atoms with Crippen molar-refractivity contribution in [3.8, 4) is 34.5 Å². The second-order valence-corrected chi connectivity index (χ2v) is 24.4. The minimum Gasteiger partial charge on any atom is -0.451 e. The maximum Gasteiger partial charge on any atom is 0.213 e. The third-order valence-electron chi connectivity index (χ3n) is 18.6. The maximum absolute atomic E-state index is 7.65. The standard InChI is InChI=1S/C54H60Cl3N3O3/c55-37-1-4-40(58)43(16-37)61-49-47(53-22-31-10-32(23-53)12-33(11-31)24-53)46(52-19-28-7-29(20-52)9-30(8-28)21-52)48(54-25-34-13-35(26-54)15-36(14-34)27-54)50(62-44-17-38(56)2-5-41(44)59)51(49)63-45-18-39(57)3-6-42(45)60/h1-6,16-18,28-36H,7-15,19-27,58-60H2. The van der Waals surface area contributed by atoms with Crippen LogP contribution in [0.3, 0.4) is 0 Å². The van der Waals surface area contributed by atoms with Crippen LogP contribution in [-0.2, 0) is 16.2 Å². The van der Waals surface area contributed by atoms with Gasteiger partial charge < -0.3 is 31.4 Å². The molecule has 0 aromatic heterocycles. The highest BCUT2D eigenvalue weighted by Gasteiger charge is 2.62. The zero-order valence-corrected chi connectivity index (χ0v) is 38.5. The van der Waals surface area contributed by atoms with Gasteiger partial charge in [-0.1, -0.05) is 34.8 Å². The lowest BCUT2D eigenvalue weighted by Crippen LogP contribution is -2.55. The molecule has 6 N–H and O–H groups in total. The van der Waals surface area contributed by atoms with Gasteiger partial charge in [0.2, 0.25) is 5.75 Å². The number of anilines is 3. The molecule has 0 heterocycles. The van der Waals surface area contributed by atoms with E-state index in [1.54, 1.807) is 5.56 Å². The number of halogens is 3. The molecular weight excluding hydrogens is 845 g/mol. The van der Waals surface area contributed by atoms with E-state index in [-0.39, 0.29) is 16.2 Å². The molecule has 0 amide bonds. The van der Waals surface area contributed by atoms with Gasteiger partial charge in [0.1, 0.15) is 0 Å². The number of ether oxygens (including phenoxy) is 3. The molecule has 12 fully saturated rings. The summed E-state index contributed by atoms with van der Waals surface area (Å²) in [7, 11) is 0. The van der Waals surface area contributed by atoms with E-state index in [0.29, 0.717) is 102 Å². The summed E-state index contributed by atoms with van der Waals surface area (Å²) in [5.41, 5.74) is 26.4. The fourth-order valence-corrected chi connectivity index (χ4v) is 18.4. The summed E-state index contributed by atoms with van der Waals surface area (Å²) in [6, 6.07) is 16.6. The van der Waals surface area contributed by atoms with Gasteiger partial charge in [0, 0.05) is 55.2 Å². The Labute approximate surface area is 387 Å². The molecule has 4 aromatic carbocycles. The van der Waals surface area contributed by atoms with E-state index >= 15 is 0 Å². The Morgan fingerprint density at radius 1 is 0.349 bits per heavy atom. The first-order valence-corrected chi connectivity index (χ1v) is 25.5. The molecule has 9 heteroatoms. The van der Waals surface area contributed by atoms with Crippen molar-refractivity contribution in [1.29, 1.82) is 0 Å². The Morgan fingerprint density at radius 2 is 0.587 bits per heavy atom. The van der Waals surface area contributed by atoms with E-state index in [9.17, 15) is 0 Å². The highest BCUT2D eigenvalue weighted by atomic mass is 35.5. The zero-order chi connectivity index (χ0) is 42.6. The molecule has 0 aliphatic heterocycles. The lowest BCUT2D eigenvalue weighted by atomic mass is 9.41. The minimum atomic E-state index is -0.0985. The Balaban J connectivity index is 1.20. The molecule has 0 saturated heterocycles. The third-order valence-corrected chi connectivity index (χ3v) is 19.3. The topological polar surface area (TPSA) is 106 Å². The first kappa shape index (κ1) is 39.9. The number of nitrogens with two attached hydrogens (primary N) is 3. The van der Waals surface area contributed by atoms with Crippen molar-refractivity contribution < 1.29 is 14.2 Å². The average Bonchev–Trinajstić information content (AvgIpc) is 3.21. The van der Waals surface area contributed by atoms with Crippen LogP contribution in [0.1, 0.15) is 132 Å². The van der Waals surface area contributed by atoms with Crippen molar-refractivity contribution >= 4 is 51.9 Å². The SMILES string of the molecule is Nc1ccc(Cl)cc1Oc1c(Oc2cc(Cl)ccc2N)c(C23CC4CC(CC(C4)C2)C3)c(C23CC4CC(CC(C4)C2)C3)c(C23CC4CC(CC(C4)C2)C3)c1Oc1cc(Cl)ccc1N. The number of hydrogen-bond donors (Lipinski definition) is 3. The average molecular weight is 905 g/mol. The van der Waals surface area contributed by atoms with Gasteiger partial charge in [0.05, 0.1) is 17.1 Å². The fourth-order valence-electron chi connectivity index (χ4n) is 17.9. The van der Waals surface area contributed by atoms with Crippen LogP contribution < -0.4 is 31.4 Å². The van der Waals surface area contributed by atoms with Crippen LogP contribution in [0.25, 0.3) is 0 Å². The summed E-state index contributed by atoms with van der Waals surface area (Å²) in [6.45, 7) is 0. The van der Waals surface area contributed by atoms with Crippen LogP contribution in [0.4, 0.5) is 17.1 Å². The molecule has 63 heavy (non-hydrogen) atoms. The second-order valence-electron chi connectivity index (χ2n) is 23.1. The summed E-state index contributed by atoms with van der Waals surface area (Å²) in [6.07, 6.45) is 22.8. The zero-order valence-electron chi connectivity index (χ0n) is 36.2. The molecule has 12 saturated carbocycles. The molecule has 0 radical (unpaired) electrons. The fraction of sp³-hybridized carbons (Fsp3) is 0.556. The summed E-state index contributed by atoms with van der Waals surface area (Å²) in [5.74, 6) is 9.82. The van der Waals surface area contributed by atoms with Gasteiger partial charge in [0.25, 0.3) is 0 Å². The Hall–Kier alpha value is -3.45. The van der Waals surface area contributed by atoms with Crippen LogP contribution in [0.15, 0.2) is 54.6 Å². The van der Waals surface area contributed by atoms with E-state index in [1.165, 1.54) is 127 Å². The molecule has 12 aliphatic carbocycles. The predicted molar refractivity (Wildman–Crippen MR) is 254 cm³/mol. The monoisotopic (exact) mass is 903 g/mol. The first-order valence-electron chi connectivity index (χ1n) is 24.3. The van der Waals surface area contributed by atoms with E-state index < -0.39 is 0 Å². The summed E-state index contributed by atoms with van der Waals surface area (Å²) < 4.78 is 22.8. The van der Waals surface area contributed by atoms with Crippen LogP contribution in [0.5, 0.6) is 34.5 Å². The Morgan fingerprint density at radius 3 is 0.857 bits per heavy atom. The van der Waals surface area contributed by atoms with Gasteiger partial charge in [-0.25, -0.2) is 0 Å². The molecule has 0 spiro atoms. The van der Waals surface area contributed by atoms with Gasteiger partial charge in [-0.15, -0.1) is 0 Å². The predicted octanol–water partition coefficient (Wildman–Crippen LogP) is 15.2. The van der Waals surface area contributed by atoms with E-state index in [0.717, 1.165) is 17.8 Å². The lowest BCUT2D eigenvalue weighted by molar-refractivity contribution is -0.0255. The van der Waals surface area contributed by atoms with Gasteiger partial charge in [-0.2, -0.15) is 0 Å². The van der Waals surface area contributed by atoms with E-state index in [4.69, 9.17) is 66.2 Å². The third kappa shape index (κ3) is 6.44. The molecular formula is C54H60Cl3N3O3. The van der Waals surface area contributed by atoms with Crippen LogP contribution in [0, 0.1) is 53.3 Å². The van der Waals surface area contributed by atoms with Crippen molar-refractivity contribution in [3.05, 3.63) is 86.4 Å². The number of hydrogen-bond acceptors (Lipinski definition) is 6. The van der Waals surface area contributed by atoms with Crippen molar-refractivity contribution in [2.75, 3.05) is 17.2 Å². The number of rotatable bonds is 9. The quantitative estimate of drug-likeness (QED) is 0.145. The second kappa shape index (κ2) is 14.3. The maximum atomic E-state index is 7.65. The number of benzene rings is 4. The molecule has 0 atom stereocenters. The van der Waals surface area contributed by atoms with Gasteiger partial charge in [-0.05, 0) is 216 Å². The molecule has 330 valence electrons. The Kier molecular flexibility index (Phi) is 9.04. The summed E-state index contributed by atoms with van der Waals surface area (Å²) in [5, 5.41) is 1.66. The Bertz CT molecular complexity index is 2320. The highest BCUT2D eigenvalue weighted by molar-refractivity contribution is 6.31. The molecule has 4 aromatic rings. The van der Waals surface area contributed by atoms with E-state index in [1.807, 2.05) is 54.6 Å². The van der Waals surface area contributed by atoms with Gasteiger partial charge in [0.15, 0.2) is 28.7 Å². The lowest BCUT2D eigenvalue weighted by Gasteiger charge is -2.63. The van der Waals surface area contributed by atoms with Crippen molar-refractivity contribution in [2.45, 2.75) is 132 Å². The first-order chi connectivity index (χ1) is 30.4. The minimum absolute atomic E-state index is 0.0182. The highest BCUT2D eigenvalue weighted by Crippen LogP contribution is 2.73. The van der Waals surface area contributed by atoms with Gasteiger partial charge >= 0.3 is 0 Å². The van der Waals surface area contributed by atoms with Crippen LogP contribution in [0.2, 0.25) is 15.1 Å². The van der Waals surface area contributed by atoms with Crippen molar-refractivity contribution in [2.24, 2.45) is 53.3 Å².